The molecule has 1 aliphatic rings. The van der Waals surface area contributed by atoms with Crippen LogP contribution in [0.5, 0.6) is 0 Å². The fourth-order valence-corrected chi connectivity index (χ4v) is 1.56. The first-order valence-corrected chi connectivity index (χ1v) is 5.10. The molecule has 0 aliphatic carbocycles. The second-order valence-corrected chi connectivity index (χ2v) is 3.93. The number of hydrogen-bond acceptors (Lipinski definition) is 4. The first kappa shape index (κ1) is 16.3. The summed E-state index contributed by atoms with van der Waals surface area (Å²) < 4.78 is 0. The van der Waals surface area contributed by atoms with Gasteiger partial charge in [-0.05, 0) is 17.5 Å². The zero-order valence-corrected chi connectivity index (χ0v) is 11.6. The van der Waals surface area contributed by atoms with Gasteiger partial charge in [0.05, 0.1) is 5.49 Å². The number of hydrogen-bond donors (Lipinski definition) is 0. The van der Waals surface area contributed by atoms with Gasteiger partial charge in [-0.2, -0.15) is 0 Å². The van der Waals surface area contributed by atoms with E-state index in [1.165, 1.54) is 5.56 Å². The monoisotopic (exact) mass is 240 g/mol. The molecule has 17 heavy (non-hydrogen) atoms. The van der Waals surface area contributed by atoms with Gasteiger partial charge in [-0.15, -0.1) is 6.08 Å². The first-order chi connectivity index (χ1) is 7.18. The molecule has 0 amide bonds. The van der Waals surface area contributed by atoms with Gasteiger partial charge in [0.15, 0.2) is 0 Å². The Balaban J connectivity index is 0.00000128. The zero-order chi connectivity index (χ0) is 10.8. The van der Waals surface area contributed by atoms with Crippen molar-refractivity contribution in [2.24, 2.45) is 9.98 Å². The summed E-state index contributed by atoms with van der Waals surface area (Å²) in [5.74, 6) is 0.438. The molecule has 0 aromatic carbocycles. The Kier molecular flexibility index (Phi) is 6.62. The summed E-state index contributed by atoms with van der Waals surface area (Å²) in [6, 6.07) is 2.95. The molecule has 0 radical (unpaired) electrons. The minimum atomic E-state index is 0. The van der Waals surface area contributed by atoms with Crippen LogP contribution < -0.4 is 29.7 Å². The molecule has 1 aromatic heterocycles. The Hall–Kier alpha value is -0.693. The maximum Gasteiger partial charge on any atom is 1.00 e. The van der Waals surface area contributed by atoms with Crippen molar-refractivity contribution in [2.45, 2.75) is 26.7 Å². The Labute approximate surface area is 121 Å². The molecule has 1 aromatic rings. The number of aromatic nitrogens is 1. The van der Waals surface area contributed by atoms with E-state index >= 15 is 0 Å². The van der Waals surface area contributed by atoms with Crippen molar-refractivity contribution < 1.29 is 18.9 Å². The van der Waals surface area contributed by atoms with Gasteiger partial charge in [-0.3, -0.25) is 4.98 Å². The molecule has 0 fully saturated rings. The Morgan fingerprint density at radius 1 is 1.29 bits per heavy atom. The van der Waals surface area contributed by atoms with Gasteiger partial charge >= 0.3 is 18.9 Å². The Morgan fingerprint density at radius 2 is 2.00 bits per heavy atom. The van der Waals surface area contributed by atoms with E-state index in [-0.39, 0.29) is 32.4 Å². The number of rotatable bonds is 1. The van der Waals surface area contributed by atoms with Crippen LogP contribution in [0.3, 0.4) is 0 Å². The summed E-state index contributed by atoms with van der Waals surface area (Å²) in [5, 5.41) is 0.903. The van der Waals surface area contributed by atoms with Crippen LogP contribution in [0.1, 0.15) is 32.3 Å². The zero-order valence-electron chi connectivity index (χ0n) is 10.7. The summed E-state index contributed by atoms with van der Waals surface area (Å²) in [6.45, 7) is 6.25. The van der Waals surface area contributed by atoms with Gasteiger partial charge in [0, 0.05) is 11.6 Å². The Bertz CT molecular complexity index is 511. The van der Waals surface area contributed by atoms with Crippen LogP contribution in [0, 0.1) is 6.04 Å². The Morgan fingerprint density at radius 3 is 2.65 bits per heavy atom. The summed E-state index contributed by atoms with van der Waals surface area (Å²) in [5.41, 5.74) is 1.92. The fraction of sp³-hybridized carbons (Fsp3) is 0.333. The molecule has 0 unspecified atom stereocenters. The number of fused-ring (bicyclic) bond motifs is 1. The van der Waals surface area contributed by atoms with E-state index in [0.29, 0.717) is 5.92 Å². The van der Waals surface area contributed by atoms with Crippen molar-refractivity contribution in [1.29, 1.82) is 0 Å². The molecule has 0 bridgehead atoms. The minimum absolute atomic E-state index is 0. The van der Waals surface area contributed by atoms with Crippen LogP contribution in [-0.2, 0) is 13.5 Å². The number of thiol groups is 1. The van der Waals surface area contributed by atoms with E-state index in [1.807, 2.05) is 19.1 Å². The van der Waals surface area contributed by atoms with Crippen molar-refractivity contribution in [1.82, 2.24) is 4.98 Å². The second kappa shape index (κ2) is 6.90. The van der Waals surface area contributed by atoms with Gasteiger partial charge < -0.3 is 23.5 Å². The number of pyridine rings is 1. The average molecular weight is 240 g/mol. The van der Waals surface area contributed by atoms with Gasteiger partial charge in [-0.25, -0.2) is 0 Å². The van der Waals surface area contributed by atoms with Crippen LogP contribution in [0.15, 0.2) is 34.5 Å². The molecule has 0 spiro atoms. The molecule has 0 saturated heterocycles. The summed E-state index contributed by atoms with van der Waals surface area (Å²) >= 11 is 0. The largest absolute Gasteiger partial charge is 1.00 e. The maximum absolute atomic E-state index is 4.41. The fourth-order valence-electron chi connectivity index (χ4n) is 1.56. The second-order valence-electron chi connectivity index (χ2n) is 3.93. The van der Waals surface area contributed by atoms with Gasteiger partial charge in [0.2, 0.25) is 0 Å². The third-order valence-corrected chi connectivity index (χ3v) is 2.36. The molecule has 2 heterocycles. The summed E-state index contributed by atoms with van der Waals surface area (Å²) in [6.07, 6.45) is 5.48. The van der Waals surface area contributed by atoms with Crippen molar-refractivity contribution in [3.8, 4) is 0 Å². The third-order valence-electron chi connectivity index (χ3n) is 2.36. The molecule has 0 atom stereocenters. The van der Waals surface area contributed by atoms with Crippen LogP contribution >= 0.6 is 0 Å². The van der Waals surface area contributed by atoms with Gasteiger partial charge in [-0.1, -0.05) is 33.0 Å². The van der Waals surface area contributed by atoms with E-state index in [2.05, 4.69) is 28.8 Å². The van der Waals surface area contributed by atoms with Crippen LogP contribution in [0.2, 0.25) is 0 Å². The summed E-state index contributed by atoms with van der Waals surface area (Å²) in [4.78, 5) is 13.1. The SMILES string of the molecule is C[C-]1C=CN=c2c(C(C)C)ccnc2=N1.[Li+].[SH-]. The van der Waals surface area contributed by atoms with Crippen molar-refractivity contribution in [3.05, 3.63) is 47.0 Å². The first-order valence-electron chi connectivity index (χ1n) is 5.10. The third kappa shape index (κ3) is 3.64. The molecule has 1 aliphatic heterocycles. The smallest absolute Gasteiger partial charge is 0.813 e. The molecule has 5 heteroatoms. The van der Waals surface area contributed by atoms with E-state index < -0.39 is 0 Å². The quantitative estimate of drug-likeness (QED) is 0.253. The topological polar surface area (TPSA) is 37.6 Å². The van der Waals surface area contributed by atoms with E-state index in [9.17, 15) is 0 Å². The molecule has 2 rings (SSSR count). The van der Waals surface area contributed by atoms with E-state index in [0.717, 1.165) is 16.9 Å². The normalized spacial score (nSPS) is 12.6. The van der Waals surface area contributed by atoms with Gasteiger partial charge in [0.1, 0.15) is 0 Å². The maximum atomic E-state index is 4.41. The molecule has 0 N–H and O–H groups in total. The predicted octanol–water partition coefficient (Wildman–Crippen LogP) is -1.74. The molecular formula is C12H15LiN3S-. The van der Waals surface area contributed by atoms with Crippen molar-refractivity contribution in [2.75, 3.05) is 0 Å². The van der Waals surface area contributed by atoms with Gasteiger partial charge in [0.25, 0.3) is 0 Å². The predicted molar refractivity (Wildman–Crippen MR) is 67.5 cm³/mol. The van der Waals surface area contributed by atoms with Crippen molar-refractivity contribution in [3.63, 3.8) is 0 Å². The van der Waals surface area contributed by atoms with Crippen molar-refractivity contribution >= 4 is 13.5 Å². The van der Waals surface area contributed by atoms with E-state index in [1.54, 1.807) is 12.4 Å². The standard InChI is InChI=1S/C12H14N3.Li.H2S/c1-8(2)10-5-7-14-12-11(10)13-6-4-9(3)15-12;;/h4-8H,1-3H3;;1H2/q-1;+1;/p-1. The molecule has 3 nitrogen and oxygen atoms in total. The summed E-state index contributed by atoms with van der Waals surface area (Å²) in [7, 11) is 0. The minimum Gasteiger partial charge on any atom is -0.813 e. The van der Waals surface area contributed by atoms with E-state index in [4.69, 9.17) is 0 Å². The molecule has 86 valence electrons. The van der Waals surface area contributed by atoms with Crippen LogP contribution in [0.4, 0.5) is 0 Å². The van der Waals surface area contributed by atoms with Crippen LogP contribution in [-0.4, -0.2) is 4.98 Å². The molecule has 0 saturated carbocycles. The number of nitrogens with zero attached hydrogens (tertiary/aromatic N) is 3. The average Bonchev–Trinajstić information content (AvgIpc) is 2.37. The molecular weight excluding hydrogens is 225 g/mol. The van der Waals surface area contributed by atoms with Crippen LogP contribution in [0.25, 0.3) is 0 Å².